The highest BCUT2D eigenvalue weighted by Gasteiger charge is 2.20. The van der Waals surface area contributed by atoms with Gasteiger partial charge in [0.15, 0.2) is 0 Å². The fraction of sp³-hybridized carbons (Fsp3) is 0.889. The van der Waals surface area contributed by atoms with Crippen LogP contribution in [0.3, 0.4) is 0 Å². The van der Waals surface area contributed by atoms with Gasteiger partial charge in [-0.15, -0.1) is 0 Å². The van der Waals surface area contributed by atoms with E-state index in [1.54, 1.807) is 0 Å². The second kappa shape index (κ2) is 5.29. The molecule has 0 amide bonds. The average Bonchev–Trinajstić information content (AvgIpc) is 2.19. The summed E-state index contributed by atoms with van der Waals surface area (Å²) in [6.07, 6.45) is 0. The van der Waals surface area contributed by atoms with Gasteiger partial charge in [0.1, 0.15) is 6.04 Å². The molecular formula is C9H19N3O2. The Labute approximate surface area is 84.5 Å². The number of carbonyl (C=O) groups is 1. The molecule has 1 aliphatic heterocycles. The number of aliphatic carboxylic acids is 1. The van der Waals surface area contributed by atoms with Crippen molar-refractivity contribution in [2.24, 2.45) is 5.73 Å². The molecule has 0 saturated carbocycles. The molecule has 0 aromatic heterocycles. The number of piperazine rings is 1. The third kappa shape index (κ3) is 3.25. The van der Waals surface area contributed by atoms with E-state index in [2.05, 4.69) is 16.7 Å². The minimum Gasteiger partial charge on any atom is -0.480 e. The van der Waals surface area contributed by atoms with Crippen LogP contribution in [0, 0.1) is 0 Å². The van der Waals surface area contributed by atoms with Crippen molar-refractivity contribution in [3.8, 4) is 0 Å². The molecule has 0 radical (unpaired) electrons. The summed E-state index contributed by atoms with van der Waals surface area (Å²) in [5.41, 5.74) is 5.46. The normalized spacial score (nSPS) is 22.1. The molecule has 0 spiro atoms. The Morgan fingerprint density at radius 1 is 1.36 bits per heavy atom. The molecule has 0 aromatic carbocycles. The Morgan fingerprint density at radius 2 is 1.86 bits per heavy atom. The van der Waals surface area contributed by atoms with Gasteiger partial charge >= 0.3 is 5.97 Å². The quantitative estimate of drug-likeness (QED) is 0.613. The van der Waals surface area contributed by atoms with Crippen molar-refractivity contribution >= 4 is 5.97 Å². The van der Waals surface area contributed by atoms with Gasteiger partial charge in [0.2, 0.25) is 0 Å². The highest BCUT2D eigenvalue weighted by atomic mass is 16.4. The minimum absolute atomic E-state index is 0.465. The van der Waals surface area contributed by atoms with Gasteiger partial charge in [-0.2, -0.15) is 0 Å². The lowest BCUT2D eigenvalue weighted by molar-refractivity contribution is -0.139. The largest absolute Gasteiger partial charge is 0.480 e. The lowest BCUT2D eigenvalue weighted by atomic mass is 10.2. The summed E-state index contributed by atoms with van der Waals surface area (Å²) in [6.45, 7) is 7.56. The smallest absolute Gasteiger partial charge is 0.321 e. The SMILES string of the molecule is CCN1CCN(CC(N)C(=O)O)CC1. The third-order valence-corrected chi connectivity index (χ3v) is 2.68. The van der Waals surface area contributed by atoms with Crippen LogP contribution in [0.15, 0.2) is 0 Å². The van der Waals surface area contributed by atoms with Gasteiger partial charge in [0.25, 0.3) is 0 Å². The molecule has 14 heavy (non-hydrogen) atoms. The molecule has 1 heterocycles. The van der Waals surface area contributed by atoms with E-state index < -0.39 is 12.0 Å². The standard InChI is InChI=1S/C9H19N3O2/c1-2-11-3-5-12(6-4-11)7-8(10)9(13)14/h8H,2-7,10H2,1H3,(H,13,14). The molecule has 3 N–H and O–H groups in total. The predicted molar refractivity (Wildman–Crippen MR) is 54.2 cm³/mol. The van der Waals surface area contributed by atoms with Crippen molar-refractivity contribution in [3.63, 3.8) is 0 Å². The maximum Gasteiger partial charge on any atom is 0.321 e. The van der Waals surface area contributed by atoms with E-state index in [1.807, 2.05) is 0 Å². The molecule has 1 rings (SSSR count). The van der Waals surface area contributed by atoms with Crippen LogP contribution in [0.2, 0.25) is 0 Å². The van der Waals surface area contributed by atoms with E-state index in [4.69, 9.17) is 10.8 Å². The molecule has 0 aliphatic carbocycles. The molecule has 5 heteroatoms. The maximum atomic E-state index is 10.5. The van der Waals surface area contributed by atoms with Crippen LogP contribution < -0.4 is 5.73 Å². The van der Waals surface area contributed by atoms with Gasteiger partial charge in [-0.1, -0.05) is 6.92 Å². The number of likely N-dealkylation sites (N-methyl/N-ethyl adjacent to an activating group) is 1. The zero-order chi connectivity index (χ0) is 10.6. The summed E-state index contributed by atoms with van der Waals surface area (Å²) < 4.78 is 0. The Bertz CT molecular complexity index is 190. The molecule has 1 fully saturated rings. The minimum atomic E-state index is -0.914. The Morgan fingerprint density at radius 3 is 2.29 bits per heavy atom. The molecule has 5 nitrogen and oxygen atoms in total. The lowest BCUT2D eigenvalue weighted by Crippen LogP contribution is -2.51. The van der Waals surface area contributed by atoms with Crippen molar-refractivity contribution in [3.05, 3.63) is 0 Å². The summed E-state index contributed by atoms with van der Waals surface area (Å²) in [4.78, 5) is 15.0. The first-order valence-electron chi connectivity index (χ1n) is 5.06. The van der Waals surface area contributed by atoms with Gasteiger partial charge in [-0.05, 0) is 6.54 Å². The van der Waals surface area contributed by atoms with E-state index >= 15 is 0 Å². The Balaban J connectivity index is 2.25. The number of carboxylic acid groups (broad SMARTS) is 1. The predicted octanol–water partition coefficient (Wildman–Crippen LogP) is -0.964. The first-order valence-corrected chi connectivity index (χ1v) is 5.06. The maximum absolute atomic E-state index is 10.5. The fourth-order valence-corrected chi connectivity index (χ4v) is 1.64. The van der Waals surface area contributed by atoms with Crippen molar-refractivity contribution < 1.29 is 9.90 Å². The first-order chi connectivity index (χ1) is 6.63. The zero-order valence-electron chi connectivity index (χ0n) is 8.65. The van der Waals surface area contributed by atoms with E-state index in [0.29, 0.717) is 6.54 Å². The van der Waals surface area contributed by atoms with Crippen LogP contribution in [-0.2, 0) is 4.79 Å². The third-order valence-electron chi connectivity index (χ3n) is 2.68. The number of hydrogen-bond donors (Lipinski definition) is 2. The van der Waals surface area contributed by atoms with Crippen molar-refractivity contribution in [1.29, 1.82) is 0 Å². The zero-order valence-corrected chi connectivity index (χ0v) is 8.65. The highest BCUT2D eigenvalue weighted by molar-refractivity contribution is 5.73. The van der Waals surface area contributed by atoms with E-state index in [0.717, 1.165) is 32.7 Å². The Kier molecular flexibility index (Phi) is 4.31. The molecule has 1 aliphatic rings. The van der Waals surface area contributed by atoms with Gasteiger partial charge < -0.3 is 15.7 Å². The lowest BCUT2D eigenvalue weighted by Gasteiger charge is -2.34. The molecule has 1 saturated heterocycles. The van der Waals surface area contributed by atoms with E-state index in [1.165, 1.54) is 0 Å². The molecule has 82 valence electrons. The topological polar surface area (TPSA) is 69.8 Å². The van der Waals surface area contributed by atoms with Crippen LogP contribution in [0.1, 0.15) is 6.92 Å². The van der Waals surface area contributed by atoms with Crippen LogP contribution in [0.25, 0.3) is 0 Å². The summed E-state index contributed by atoms with van der Waals surface area (Å²) in [7, 11) is 0. The second-order valence-corrected chi connectivity index (χ2v) is 3.68. The van der Waals surface area contributed by atoms with Gasteiger partial charge in [0, 0.05) is 32.7 Å². The highest BCUT2D eigenvalue weighted by Crippen LogP contribution is 2.01. The summed E-state index contributed by atoms with van der Waals surface area (Å²) in [6, 6.07) is -0.747. The van der Waals surface area contributed by atoms with Crippen LogP contribution in [-0.4, -0.2) is 66.2 Å². The van der Waals surface area contributed by atoms with Crippen molar-refractivity contribution in [1.82, 2.24) is 9.80 Å². The van der Waals surface area contributed by atoms with Gasteiger partial charge in [-0.3, -0.25) is 9.69 Å². The van der Waals surface area contributed by atoms with E-state index in [9.17, 15) is 4.79 Å². The Hall–Kier alpha value is -0.650. The molecule has 0 aromatic rings. The summed E-state index contributed by atoms with van der Waals surface area (Å²) in [5, 5.41) is 8.65. The van der Waals surface area contributed by atoms with E-state index in [-0.39, 0.29) is 0 Å². The second-order valence-electron chi connectivity index (χ2n) is 3.68. The fourth-order valence-electron chi connectivity index (χ4n) is 1.64. The number of hydrogen-bond acceptors (Lipinski definition) is 4. The van der Waals surface area contributed by atoms with Crippen LogP contribution in [0.4, 0.5) is 0 Å². The molecular weight excluding hydrogens is 182 g/mol. The number of carboxylic acids is 1. The van der Waals surface area contributed by atoms with Gasteiger partial charge in [-0.25, -0.2) is 0 Å². The first kappa shape index (κ1) is 11.4. The van der Waals surface area contributed by atoms with Crippen LogP contribution >= 0.6 is 0 Å². The molecule has 0 bridgehead atoms. The number of nitrogens with zero attached hydrogens (tertiary/aromatic N) is 2. The number of nitrogens with two attached hydrogens (primary N) is 1. The monoisotopic (exact) mass is 201 g/mol. The van der Waals surface area contributed by atoms with Crippen LogP contribution in [0.5, 0.6) is 0 Å². The van der Waals surface area contributed by atoms with Crippen molar-refractivity contribution in [2.75, 3.05) is 39.3 Å². The van der Waals surface area contributed by atoms with Gasteiger partial charge in [0.05, 0.1) is 0 Å². The molecule has 1 atom stereocenters. The van der Waals surface area contributed by atoms with Crippen molar-refractivity contribution in [2.45, 2.75) is 13.0 Å². The number of rotatable bonds is 4. The summed E-state index contributed by atoms with van der Waals surface area (Å²) in [5.74, 6) is -0.914. The summed E-state index contributed by atoms with van der Waals surface area (Å²) >= 11 is 0. The average molecular weight is 201 g/mol. The molecule has 1 unspecified atom stereocenters.